The van der Waals surface area contributed by atoms with Gasteiger partial charge in [0, 0.05) is 17.8 Å². The van der Waals surface area contributed by atoms with E-state index in [9.17, 15) is 4.79 Å². The third kappa shape index (κ3) is 3.78. The molecule has 2 N–H and O–H groups in total. The number of aryl methyl sites for hydroxylation is 1. The van der Waals surface area contributed by atoms with Crippen molar-refractivity contribution in [3.63, 3.8) is 0 Å². The van der Waals surface area contributed by atoms with E-state index >= 15 is 0 Å². The van der Waals surface area contributed by atoms with Crippen LogP contribution in [-0.2, 0) is 0 Å². The van der Waals surface area contributed by atoms with E-state index in [1.165, 1.54) is 0 Å². The second kappa shape index (κ2) is 6.14. The van der Waals surface area contributed by atoms with Gasteiger partial charge in [0.2, 0.25) is 0 Å². The van der Waals surface area contributed by atoms with Crippen molar-refractivity contribution < 1.29 is 4.79 Å². The number of nitrogens with one attached hydrogen (secondary N) is 2. The van der Waals surface area contributed by atoms with Gasteiger partial charge in [-0.25, -0.2) is 9.97 Å². The molecule has 1 aromatic heterocycles. The molecule has 0 radical (unpaired) electrons. The molecule has 0 spiro atoms. The van der Waals surface area contributed by atoms with E-state index in [0.717, 1.165) is 5.69 Å². The number of hydrogen-bond donors (Lipinski definition) is 2. The first-order valence-corrected chi connectivity index (χ1v) is 6.53. The van der Waals surface area contributed by atoms with Gasteiger partial charge in [0.15, 0.2) is 0 Å². The molecule has 0 unspecified atom stereocenters. The average molecular weight is 270 g/mol. The van der Waals surface area contributed by atoms with Gasteiger partial charge in [0.05, 0.1) is 0 Å². The lowest BCUT2D eigenvalue weighted by atomic mass is 10.3. The summed E-state index contributed by atoms with van der Waals surface area (Å²) < 4.78 is 0. The van der Waals surface area contributed by atoms with Crippen LogP contribution in [-0.4, -0.2) is 21.9 Å². The van der Waals surface area contributed by atoms with Crippen LogP contribution >= 0.6 is 0 Å². The molecule has 1 heterocycles. The largest absolute Gasteiger partial charge is 0.349 e. The molecular weight excluding hydrogens is 252 g/mol. The van der Waals surface area contributed by atoms with Crippen molar-refractivity contribution in [2.75, 3.05) is 5.32 Å². The van der Waals surface area contributed by atoms with Crippen molar-refractivity contribution in [2.24, 2.45) is 0 Å². The molecule has 1 aromatic carbocycles. The molecule has 104 valence electrons. The van der Waals surface area contributed by atoms with Crippen LogP contribution in [0.5, 0.6) is 0 Å². The quantitative estimate of drug-likeness (QED) is 0.896. The summed E-state index contributed by atoms with van der Waals surface area (Å²) in [7, 11) is 0. The summed E-state index contributed by atoms with van der Waals surface area (Å²) in [6.45, 7) is 5.59. The molecule has 0 saturated heterocycles. The summed E-state index contributed by atoms with van der Waals surface area (Å²) in [6, 6.07) is 11.4. The van der Waals surface area contributed by atoms with E-state index in [2.05, 4.69) is 20.6 Å². The van der Waals surface area contributed by atoms with Gasteiger partial charge in [-0.15, -0.1) is 0 Å². The van der Waals surface area contributed by atoms with Gasteiger partial charge in [-0.3, -0.25) is 4.79 Å². The lowest BCUT2D eigenvalue weighted by Gasteiger charge is -2.10. The number of rotatable bonds is 4. The zero-order chi connectivity index (χ0) is 14.5. The lowest BCUT2D eigenvalue weighted by Crippen LogP contribution is -2.31. The van der Waals surface area contributed by atoms with Gasteiger partial charge in [-0.1, -0.05) is 18.2 Å². The van der Waals surface area contributed by atoms with Crippen molar-refractivity contribution in [1.29, 1.82) is 0 Å². The maximum Gasteiger partial charge on any atom is 0.270 e. The first-order valence-electron chi connectivity index (χ1n) is 6.53. The molecule has 5 nitrogen and oxygen atoms in total. The number of aromatic nitrogens is 2. The monoisotopic (exact) mass is 270 g/mol. The second-order valence-corrected chi connectivity index (χ2v) is 4.80. The normalized spacial score (nSPS) is 10.4. The molecule has 0 saturated carbocycles. The molecule has 0 aliphatic heterocycles. The Balaban J connectivity index is 2.22. The highest BCUT2D eigenvalue weighted by atomic mass is 16.1. The van der Waals surface area contributed by atoms with E-state index in [1.54, 1.807) is 13.0 Å². The molecule has 0 aliphatic rings. The van der Waals surface area contributed by atoms with Crippen LogP contribution in [0, 0.1) is 6.92 Å². The van der Waals surface area contributed by atoms with Crippen LogP contribution in [0.25, 0.3) is 0 Å². The number of hydrogen-bond acceptors (Lipinski definition) is 4. The van der Waals surface area contributed by atoms with Gasteiger partial charge in [-0.2, -0.15) is 0 Å². The van der Waals surface area contributed by atoms with Gasteiger partial charge < -0.3 is 10.6 Å². The highest BCUT2D eigenvalue weighted by Gasteiger charge is 2.11. The lowest BCUT2D eigenvalue weighted by molar-refractivity contribution is 0.0937. The third-order valence-electron chi connectivity index (χ3n) is 2.54. The Morgan fingerprint density at radius 1 is 1.15 bits per heavy atom. The molecule has 0 aliphatic carbocycles. The van der Waals surface area contributed by atoms with Crippen molar-refractivity contribution in [3.8, 4) is 0 Å². The Hall–Kier alpha value is -2.43. The average Bonchev–Trinajstić information content (AvgIpc) is 2.38. The first kappa shape index (κ1) is 14.0. The van der Waals surface area contributed by atoms with Gasteiger partial charge in [-0.05, 0) is 32.9 Å². The minimum atomic E-state index is -0.193. The predicted molar refractivity (Wildman–Crippen MR) is 79.1 cm³/mol. The molecule has 20 heavy (non-hydrogen) atoms. The van der Waals surface area contributed by atoms with Crippen molar-refractivity contribution in [1.82, 2.24) is 15.3 Å². The summed E-state index contributed by atoms with van der Waals surface area (Å²) in [4.78, 5) is 20.4. The van der Waals surface area contributed by atoms with Crippen molar-refractivity contribution in [3.05, 3.63) is 47.9 Å². The van der Waals surface area contributed by atoms with Crippen LogP contribution < -0.4 is 10.6 Å². The number of amides is 1. The molecule has 2 rings (SSSR count). The zero-order valence-electron chi connectivity index (χ0n) is 11.8. The zero-order valence-corrected chi connectivity index (χ0v) is 11.8. The topological polar surface area (TPSA) is 66.9 Å². The van der Waals surface area contributed by atoms with E-state index in [-0.39, 0.29) is 11.9 Å². The maximum atomic E-state index is 12.0. The maximum absolute atomic E-state index is 12.0. The summed E-state index contributed by atoms with van der Waals surface area (Å²) in [6.07, 6.45) is 0. The second-order valence-electron chi connectivity index (χ2n) is 4.80. The Kier molecular flexibility index (Phi) is 4.30. The number of carbonyl (C=O) groups is 1. The predicted octanol–water partition coefficient (Wildman–Crippen LogP) is 2.67. The number of para-hydroxylation sites is 1. The number of nitrogens with zero attached hydrogens (tertiary/aromatic N) is 2. The molecule has 0 fully saturated rings. The molecule has 5 heteroatoms. The van der Waals surface area contributed by atoms with Crippen molar-refractivity contribution in [2.45, 2.75) is 26.8 Å². The fourth-order valence-electron chi connectivity index (χ4n) is 1.75. The Labute approximate surface area is 118 Å². The highest BCUT2D eigenvalue weighted by Crippen LogP contribution is 2.14. The fraction of sp³-hybridized carbons (Fsp3) is 0.267. The highest BCUT2D eigenvalue weighted by molar-refractivity contribution is 5.93. The SMILES string of the molecule is Cc1nc(Nc2ccccc2)cc(C(=O)NC(C)C)n1. The third-order valence-corrected chi connectivity index (χ3v) is 2.54. The van der Waals surface area contributed by atoms with E-state index < -0.39 is 0 Å². The summed E-state index contributed by atoms with van der Waals surface area (Å²) in [5, 5.41) is 5.98. The molecular formula is C15H18N4O. The van der Waals surface area contributed by atoms with E-state index in [4.69, 9.17) is 0 Å². The summed E-state index contributed by atoms with van der Waals surface area (Å²) >= 11 is 0. The van der Waals surface area contributed by atoms with Gasteiger partial charge >= 0.3 is 0 Å². The standard InChI is InChI=1S/C15H18N4O/c1-10(2)16-15(20)13-9-14(18-11(3)17-13)19-12-7-5-4-6-8-12/h4-10H,1-3H3,(H,16,20)(H,17,18,19). The van der Waals surface area contributed by atoms with Crippen LogP contribution in [0.4, 0.5) is 11.5 Å². The number of benzene rings is 1. The first-order chi connectivity index (χ1) is 9.54. The molecule has 1 amide bonds. The van der Waals surface area contributed by atoms with Crippen molar-refractivity contribution >= 4 is 17.4 Å². The van der Waals surface area contributed by atoms with E-state index in [0.29, 0.717) is 17.3 Å². The fourth-order valence-corrected chi connectivity index (χ4v) is 1.75. The summed E-state index contributed by atoms with van der Waals surface area (Å²) in [5.41, 5.74) is 1.28. The summed E-state index contributed by atoms with van der Waals surface area (Å²) in [5.74, 6) is 0.971. The molecule has 2 aromatic rings. The Bertz CT molecular complexity index is 596. The Morgan fingerprint density at radius 2 is 1.85 bits per heavy atom. The molecule has 0 atom stereocenters. The van der Waals surface area contributed by atoms with Crippen LogP contribution in [0.2, 0.25) is 0 Å². The van der Waals surface area contributed by atoms with Crippen LogP contribution in [0.3, 0.4) is 0 Å². The smallest absolute Gasteiger partial charge is 0.270 e. The molecule has 0 bridgehead atoms. The number of anilines is 2. The van der Waals surface area contributed by atoms with Crippen LogP contribution in [0.1, 0.15) is 30.2 Å². The minimum Gasteiger partial charge on any atom is -0.349 e. The Morgan fingerprint density at radius 3 is 2.50 bits per heavy atom. The minimum absolute atomic E-state index is 0.0725. The van der Waals surface area contributed by atoms with Gasteiger partial charge in [0.25, 0.3) is 5.91 Å². The van der Waals surface area contributed by atoms with Gasteiger partial charge in [0.1, 0.15) is 17.3 Å². The number of carbonyl (C=O) groups excluding carboxylic acids is 1. The van der Waals surface area contributed by atoms with E-state index in [1.807, 2.05) is 44.2 Å². The van der Waals surface area contributed by atoms with Crippen LogP contribution in [0.15, 0.2) is 36.4 Å².